The van der Waals surface area contributed by atoms with E-state index in [1.807, 2.05) is 38.1 Å². The van der Waals surface area contributed by atoms with E-state index in [4.69, 9.17) is 10.5 Å². The smallest absolute Gasteiger partial charge is 0.227 e. The van der Waals surface area contributed by atoms with Crippen LogP contribution in [0.3, 0.4) is 0 Å². The monoisotopic (exact) mass is 262 g/mol. The van der Waals surface area contributed by atoms with E-state index in [-0.39, 0.29) is 17.4 Å². The van der Waals surface area contributed by atoms with Gasteiger partial charge in [0.05, 0.1) is 18.1 Å². The lowest BCUT2D eigenvalue weighted by atomic mass is 10.0. The predicted molar refractivity (Wildman–Crippen MR) is 74.9 cm³/mol. The fourth-order valence-electron chi connectivity index (χ4n) is 2.13. The van der Waals surface area contributed by atoms with Gasteiger partial charge in [-0.05, 0) is 44.4 Å². The van der Waals surface area contributed by atoms with E-state index in [0.717, 1.165) is 24.2 Å². The maximum Gasteiger partial charge on any atom is 0.227 e. The number of nitrogens with one attached hydrogen (secondary N) is 1. The molecule has 4 nitrogen and oxygen atoms in total. The Morgan fingerprint density at radius 1 is 1.42 bits per heavy atom. The molecule has 0 aliphatic heterocycles. The first-order valence-electron chi connectivity index (χ1n) is 6.85. The van der Waals surface area contributed by atoms with Crippen LogP contribution in [0.5, 0.6) is 5.75 Å². The molecule has 0 radical (unpaired) electrons. The molecule has 1 aliphatic carbocycles. The van der Waals surface area contributed by atoms with Gasteiger partial charge in [-0.1, -0.05) is 12.1 Å². The summed E-state index contributed by atoms with van der Waals surface area (Å²) in [6.07, 6.45) is 1.82. The minimum Gasteiger partial charge on any atom is -0.494 e. The number of hydrogen-bond acceptors (Lipinski definition) is 3. The second-order valence-corrected chi connectivity index (χ2v) is 5.18. The van der Waals surface area contributed by atoms with Crippen molar-refractivity contribution in [2.24, 2.45) is 11.1 Å². The molecule has 1 unspecified atom stereocenters. The van der Waals surface area contributed by atoms with E-state index in [1.54, 1.807) is 0 Å². The SMILES string of the molecule is CCOc1ccc(C(C)NC(=O)C2(CN)CC2)cc1. The molecular formula is C15H22N2O2. The van der Waals surface area contributed by atoms with Crippen molar-refractivity contribution in [1.29, 1.82) is 0 Å². The molecule has 19 heavy (non-hydrogen) atoms. The zero-order valence-electron chi connectivity index (χ0n) is 11.6. The largest absolute Gasteiger partial charge is 0.494 e. The molecule has 3 N–H and O–H groups in total. The molecule has 1 atom stereocenters. The number of ether oxygens (including phenoxy) is 1. The maximum atomic E-state index is 12.1. The molecule has 1 saturated carbocycles. The highest BCUT2D eigenvalue weighted by Crippen LogP contribution is 2.45. The summed E-state index contributed by atoms with van der Waals surface area (Å²) in [6, 6.07) is 7.82. The molecule has 2 rings (SSSR count). The van der Waals surface area contributed by atoms with E-state index in [1.165, 1.54) is 0 Å². The van der Waals surface area contributed by atoms with Crippen LogP contribution in [-0.2, 0) is 4.79 Å². The minimum absolute atomic E-state index is 0.00722. The molecule has 104 valence electrons. The van der Waals surface area contributed by atoms with Crippen LogP contribution in [0.25, 0.3) is 0 Å². The lowest BCUT2D eigenvalue weighted by Gasteiger charge is -2.19. The van der Waals surface area contributed by atoms with Crippen LogP contribution in [0.15, 0.2) is 24.3 Å². The van der Waals surface area contributed by atoms with Crippen molar-refractivity contribution in [1.82, 2.24) is 5.32 Å². The van der Waals surface area contributed by atoms with Gasteiger partial charge in [-0.3, -0.25) is 4.79 Å². The summed E-state index contributed by atoms with van der Waals surface area (Å²) in [5.74, 6) is 0.932. The summed E-state index contributed by atoms with van der Waals surface area (Å²) in [7, 11) is 0. The Morgan fingerprint density at radius 2 is 2.05 bits per heavy atom. The average Bonchev–Trinajstić information content (AvgIpc) is 3.21. The molecule has 0 saturated heterocycles. The van der Waals surface area contributed by atoms with E-state index < -0.39 is 0 Å². The molecule has 1 aliphatic rings. The van der Waals surface area contributed by atoms with Crippen molar-refractivity contribution in [3.8, 4) is 5.75 Å². The van der Waals surface area contributed by atoms with E-state index in [0.29, 0.717) is 13.2 Å². The Bertz CT molecular complexity index is 438. The fraction of sp³-hybridized carbons (Fsp3) is 0.533. The standard InChI is InChI=1S/C15H22N2O2/c1-3-19-13-6-4-12(5-7-13)11(2)17-14(18)15(10-16)8-9-15/h4-7,11H,3,8-10,16H2,1-2H3,(H,17,18). The van der Waals surface area contributed by atoms with Gasteiger partial charge >= 0.3 is 0 Å². The molecule has 0 spiro atoms. The third-order valence-corrected chi connectivity index (χ3v) is 3.76. The van der Waals surface area contributed by atoms with Crippen LogP contribution in [0.4, 0.5) is 0 Å². The summed E-state index contributed by atoms with van der Waals surface area (Å²) in [5.41, 5.74) is 6.44. The van der Waals surface area contributed by atoms with Crippen LogP contribution in [0, 0.1) is 5.41 Å². The van der Waals surface area contributed by atoms with Crippen molar-refractivity contribution in [2.75, 3.05) is 13.2 Å². The van der Waals surface area contributed by atoms with E-state index in [9.17, 15) is 4.79 Å². The van der Waals surface area contributed by atoms with Crippen LogP contribution < -0.4 is 15.8 Å². The van der Waals surface area contributed by atoms with Crippen LogP contribution in [-0.4, -0.2) is 19.1 Å². The number of nitrogens with two attached hydrogens (primary N) is 1. The zero-order chi connectivity index (χ0) is 13.9. The average molecular weight is 262 g/mol. The first kappa shape index (κ1) is 13.9. The molecule has 1 aromatic carbocycles. The van der Waals surface area contributed by atoms with Gasteiger partial charge in [-0.2, -0.15) is 0 Å². The first-order chi connectivity index (χ1) is 9.11. The number of amides is 1. The second-order valence-electron chi connectivity index (χ2n) is 5.18. The van der Waals surface area contributed by atoms with Gasteiger partial charge in [-0.15, -0.1) is 0 Å². The van der Waals surface area contributed by atoms with Gasteiger partial charge in [0.2, 0.25) is 5.91 Å². The summed E-state index contributed by atoms with van der Waals surface area (Å²) in [5, 5.41) is 3.04. The van der Waals surface area contributed by atoms with E-state index in [2.05, 4.69) is 5.32 Å². The lowest BCUT2D eigenvalue weighted by Crippen LogP contribution is -2.37. The van der Waals surface area contributed by atoms with Crippen LogP contribution in [0.2, 0.25) is 0 Å². The number of carbonyl (C=O) groups is 1. The summed E-state index contributed by atoms with van der Waals surface area (Å²) in [6.45, 7) is 5.04. The van der Waals surface area contributed by atoms with Gasteiger partial charge in [0.15, 0.2) is 0 Å². The molecule has 1 aromatic rings. The quantitative estimate of drug-likeness (QED) is 0.824. The van der Waals surface area contributed by atoms with Gasteiger partial charge in [0, 0.05) is 6.54 Å². The summed E-state index contributed by atoms with van der Waals surface area (Å²) in [4.78, 5) is 12.1. The molecule has 1 amide bonds. The summed E-state index contributed by atoms with van der Waals surface area (Å²) >= 11 is 0. The van der Waals surface area contributed by atoms with Gasteiger partial charge < -0.3 is 15.8 Å². The molecule has 4 heteroatoms. The molecule has 0 aromatic heterocycles. The third kappa shape index (κ3) is 3.07. The maximum absolute atomic E-state index is 12.1. The van der Waals surface area contributed by atoms with Crippen molar-refractivity contribution < 1.29 is 9.53 Å². The topological polar surface area (TPSA) is 64.3 Å². The van der Waals surface area contributed by atoms with Crippen molar-refractivity contribution >= 4 is 5.91 Å². The lowest BCUT2D eigenvalue weighted by molar-refractivity contribution is -0.126. The molecule has 1 fully saturated rings. The Labute approximate surface area is 114 Å². The third-order valence-electron chi connectivity index (χ3n) is 3.76. The Kier molecular flexibility index (Phi) is 4.10. The molecular weight excluding hydrogens is 240 g/mol. The van der Waals surface area contributed by atoms with Crippen molar-refractivity contribution in [3.05, 3.63) is 29.8 Å². The number of hydrogen-bond donors (Lipinski definition) is 2. The number of benzene rings is 1. The van der Waals surface area contributed by atoms with Gasteiger partial charge in [0.1, 0.15) is 5.75 Å². The highest BCUT2D eigenvalue weighted by Gasteiger charge is 2.48. The Morgan fingerprint density at radius 3 is 2.53 bits per heavy atom. The fourth-order valence-corrected chi connectivity index (χ4v) is 2.13. The molecule has 0 heterocycles. The minimum atomic E-state index is -0.292. The second kappa shape index (κ2) is 5.61. The Balaban J connectivity index is 1.96. The van der Waals surface area contributed by atoms with Gasteiger partial charge in [0.25, 0.3) is 0 Å². The zero-order valence-corrected chi connectivity index (χ0v) is 11.6. The van der Waals surface area contributed by atoms with E-state index >= 15 is 0 Å². The molecule has 0 bridgehead atoms. The number of carbonyl (C=O) groups excluding carboxylic acids is 1. The highest BCUT2D eigenvalue weighted by atomic mass is 16.5. The summed E-state index contributed by atoms with van der Waals surface area (Å²) < 4.78 is 5.40. The van der Waals surface area contributed by atoms with Crippen molar-refractivity contribution in [2.45, 2.75) is 32.7 Å². The van der Waals surface area contributed by atoms with Crippen LogP contribution in [0.1, 0.15) is 38.3 Å². The first-order valence-corrected chi connectivity index (χ1v) is 6.85. The number of rotatable bonds is 6. The predicted octanol–water partition coefficient (Wildman–Crippen LogP) is 2.00. The highest BCUT2D eigenvalue weighted by molar-refractivity contribution is 5.85. The Hall–Kier alpha value is -1.55. The van der Waals surface area contributed by atoms with Gasteiger partial charge in [-0.25, -0.2) is 0 Å². The van der Waals surface area contributed by atoms with Crippen molar-refractivity contribution in [3.63, 3.8) is 0 Å². The normalized spacial score (nSPS) is 17.6. The van der Waals surface area contributed by atoms with Crippen LogP contribution >= 0.6 is 0 Å².